The van der Waals surface area contributed by atoms with Crippen molar-refractivity contribution in [3.63, 3.8) is 0 Å². The minimum atomic E-state index is -2.73. The predicted molar refractivity (Wildman–Crippen MR) is 133 cm³/mol. The Labute approximate surface area is 212 Å². The van der Waals surface area contributed by atoms with Crippen LogP contribution < -0.4 is 10.7 Å². The number of rotatable bonds is 6. The maximum Gasteiger partial charge on any atom is 0.261 e. The molecule has 2 fully saturated rings. The summed E-state index contributed by atoms with van der Waals surface area (Å²) in [6.07, 6.45) is 0.686. The quantitative estimate of drug-likeness (QED) is 0.516. The normalized spacial score (nSPS) is 22.1. The Morgan fingerprint density at radius 2 is 2.11 bits per heavy atom. The molecule has 1 aromatic carbocycles. The molecular weight excluding hydrogens is 487 g/mol. The predicted octanol–water partition coefficient (Wildman–Crippen LogP) is 3.58. The fraction of sp³-hybridized carbons (Fsp3) is 0.500. The van der Waals surface area contributed by atoms with E-state index >= 15 is 0 Å². The van der Waals surface area contributed by atoms with Crippen molar-refractivity contribution in [1.29, 1.82) is 0 Å². The summed E-state index contributed by atoms with van der Waals surface area (Å²) in [6.45, 7) is 4.70. The van der Waals surface area contributed by atoms with E-state index in [1.807, 2.05) is 18.4 Å². The van der Waals surface area contributed by atoms with Gasteiger partial charge >= 0.3 is 0 Å². The van der Waals surface area contributed by atoms with Gasteiger partial charge in [0.25, 0.3) is 5.92 Å². The number of hydrogen-bond acceptors (Lipinski definition) is 7. The van der Waals surface area contributed by atoms with Crippen LogP contribution in [0.25, 0.3) is 22.2 Å². The molecule has 2 atom stereocenters. The number of nitrogens with zero attached hydrogens (tertiary/aromatic N) is 4. The van der Waals surface area contributed by atoms with Crippen LogP contribution in [0.3, 0.4) is 0 Å². The van der Waals surface area contributed by atoms with Crippen LogP contribution in [0.1, 0.15) is 38.4 Å². The summed E-state index contributed by atoms with van der Waals surface area (Å²) < 4.78 is 49.7. The number of aliphatic hydroxyl groups excluding tert-OH is 1. The summed E-state index contributed by atoms with van der Waals surface area (Å²) in [5.41, 5.74) is 1.48. The monoisotopic (exact) mass is 517 g/mol. The highest BCUT2D eigenvalue weighted by atomic mass is 19.3. The molecule has 2 N–H and O–H groups in total. The number of aliphatic hydroxyl groups is 1. The molecule has 5 rings (SSSR count). The van der Waals surface area contributed by atoms with Crippen LogP contribution in [0.5, 0.6) is 0 Å². The van der Waals surface area contributed by atoms with Gasteiger partial charge in [-0.3, -0.25) is 9.69 Å². The lowest BCUT2D eigenvalue weighted by Gasteiger charge is -2.28. The number of anilines is 1. The summed E-state index contributed by atoms with van der Waals surface area (Å²) in [4.78, 5) is 23.0. The van der Waals surface area contributed by atoms with Crippen molar-refractivity contribution in [3.05, 3.63) is 52.2 Å². The van der Waals surface area contributed by atoms with Crippen LogP contribution in [-0.4, -0.2) is 68.9 Å². The summed E-state index contributed by atoms with van der Waals surface area (Å²) in [6, 6.07) is 6.07. The van der Waals surface area contributed by atoms with Crippen LogP contribution in [-0.2, 0) is 11.3 Å². The van der Waals surface area contributed by atoms with Gasteiger partial charge in [-0.1, -0.05) is 6.07 Å². The van der Waals surface area contributed by atoms with E-state index in [1.165, 1.54) is 6.07 Å². The lowest BCUT2D eigenvalue weighted by atomic mass is 10.1. The van der Waals surface area contributed by atoms with E-state index in [0.29, 0.717) is 35.2 Å². The van der Waals surface area contributed by atoms with Gasteiger partial charge in [0, 0.05) is 54.9 Å². The van der Waals surface area contributed by atoms with Crippen LogP contribution in [0.4, 0.5) is 19.1 Å². The number of aromatic nitrogens is 3. The molecule has 37 heavy (non-hydrogen) atoms. The zero-order chi connectivity index (χ0) is 26.3. The van der Waals surface area contributed by atoms with E-state index in [9.17, 15) is 23.1 Å². The summed E-state index contributed by atoms with van der Waals surface area (Å²) in [5.74, 6) is -3.19. The number of halogens is 3. The Balaban J connectivity index is 1.54. The molecule has 0 amide bonds. The van der Waals surface area contributed by atoms with Gasteiger partial charge in [-0.2, -0.15) is 0 Å². The van der Waals surface area contributed by atoms with Gasteiger partial charge in [0.05, 0.1) is 37.0 Å². The van der Waals surface area contributed by atoms with E-state index in [2.05, 4.69) is 15.3 Å². The van der Waals surface area contributed by atoms with Gasteiger partial charge in [0.2, 0.25) is 5.95 Å². The fourth-order valence-electron chi connectivity index (χ4n) is 5.14. The first-order valence-electron chi connectivity index (χ1n) is 12.4. The van der Waals surface area contributed by atoms with Crippen LogP contribution in [0.2, 0.25) is 0 Å². The van der Waals surface area contributed by atoms with E-state index in [-0.39, 0.29) is 61.8 Å². The molecule has 0 aliphatic carbocycles. The van der Waals surface area contributed by atoms with Crippen LogP contribution in [0.15, 0.2) is 35.3 Å². The molecule has 2 saturated heterocycles. The van der Waals surface area contributed by atoms with Crippen molar-refractivity contribution in [2.45, 2.75) is 57.3 Å². The zero-order valence-electron chi connectivity index (χ0n) is 20.8. The number of hydrogen-bond donors (Lipinski definition) is 2. The molecule has 0 radical (unpaired) electrons. The lowest BCUT2D eigenvalue weighted by Crippen LogP contribution is -2.42. The number of likely N-dealkylation sites (tertiary alicyclic amines) is 1. The van der Waals surface area contributed by atoms with Gasteiger partial charge in [-0.05, 0) is 32.4 Å². The number of nitrogens with one attached hydrogen (secondary N) is 1. The van der Waals surface area contributed by atoms with Crippen molar-refractivity contribution in [3.8, 4) is 11.3 Å². The number of alkyl halides is 2. The minimum absolute atomic E-state index is 0.0493. The second-order valence-corrected chi connectivity index (χ2v) is 10.1. The number of benzene rings is 1. The molecule has 0 unspecified atom stereocenters. The number of pyridine rings is 1. The zero-order valence-corrected chi connectivity index (χ0v) is 20.8. The van der Waals surface area contributed by atoms with E-state index in [0.717, 1.165) is 6.20 Å². The molecule has 0 saturated carbocycles. The second kappa shape index (κ2) is 10.0. The van der Waals surface area contributed by atoms with Gasteiger partial charge in [0.1, 0.15) is 5.69 Å². The standard InChI is InChI=1S/C26H30F3N5O3/c1-15(2)34-17(12-33-7-6-26(28,29)14-33)10-22(35)18-4-3-16(9-21(18)34)24-19(27)11-30-25(32-24)31-20-5-8-37-13-23(20)36/h3-4,9-11,15,20,23,36H,5-8,12-14H2,1-2H3,(H,30,31,32)/t20-,23-/m1/s1. The van der Waals surface area contributed by atoms with Crippen LogP contribution >= 0.6 is 0 Å². The summed E-state index contributed by atoms with van der Waals surface area (Å²) in [5, 5.41) is 13.7. The topological polar surface area (TPSA) is 92.5 Å². The van der Waals surface area contributed by atoms with Gasteiger partial charge in [-0.15, -0.1) is 0 Å². The van der Waals surface area contributed by atoms with Gasteiger partial charge in [-0.25, -0.2) is 23.1 Å². The first-order valence-corrected chi connectivity index (χ1v) is 12.4. The minimum Gasteiger partial charge on any atom is -0.389 e. The smallest absolute Gasteiger partial charge is 0.261 e. The summed E-state index contributed by atoms with van der Waals surface area (Å²) in [7, 11) is 0. The highest BCUT2D eigenvalue weighted by Crippen LogP contribution is 2.30. The van der Waals surface area contributed by atoms with Gasteiger partial charge < -0.3 is 19.7 Å². The van der Waals surface area contributed by atoms with Crippen molar-refractivity contribution in [1.82, 2.24) is 19.4 Å². The SMILES string of the molecule is CC(C)n1c(CN2CCC(F)(F)C2)cc(=O)c2ccc(-c3nc(N[C@@H]4CCOC[C@H]4O)ncc3F)cc21. The van der Waals surface area contributed by atoms with E-state index < -0.39 is 17.8 Å². The molecule has 2 aliphatic rings. The van der Waals surface area contributed by atoms with Crippen LogP contribution in [0, 0.1) is 5.82 Å². The third-order valence-corrected chi connectivity index (χ3v) is 6.94. The van der Waals surface area contributed by atoms with E-state index in [1.54, 1.807) is 23.1 Å². The Kier molecular flexibility index (Phi) is 6.95. The first kappa shape index (κ1) is 25.6. The first-order chi connectivity index (χ1) is 17.6. The molecule has 198 valence electrons. The maximum absolute atomic E-state index is 14.9. The highest BCUT2D eigenvalue weighted by Gasteiger charge is 2.38. The molecular formula is C26H30F3N5O3. The maximum atomic E-state index is 14.9. The van der Waals surface area contributed by atoms with Crippen molar-refractivity contribution in [2.24, 2.45) is 0 Å². The molecule has 3 aromatic rings. The fourth-order valence-corrected chi connectivity index (χ4v) is 5.14. The Hall–Kier alpha value is -3.02. The van der Waals surface area contributed by atoms with Crippen molar-refractivity contribution >= 4 is 16.9 Å². The third-order valence-electron chi connectivity index (χ3n) is 6.94. The van der Waals surface area contributed by atoms with Crippen molar-refractivity contribution < 1.29 is 23.0 Å². The summed E-state index contributed by atoms with van der Waals surface area (Å²) >= 11 is 0. The molecule has 11 heteroatoms. The number of ether oxygens (including phenoxy) is 1. The largest absolute Gasteiger partial charge is 0.389 e. The lowest BCUT2D eigenvalue weighted by molar-refractivity contribution is -0.0136. The van der Waals surface area contributed by atoms with Gasteiger partial charge in [0.15, 0.2) is 11.2 Å². The average Bonchev–Trinajstić information content (AvgIpc) is 3.19. The van der Waals surface area contributed by atoms with E-state index in [4.69, 9.17) is 4.74 Å². The second-order valence-electron chi connectivity index (χ2n) is 10.1. The van der Waals surface area contributed by atoms with Crippen molar-refractivity contribution in [2.75, 3.05) is 31.6 Å². The Bertz CT molecular complexity index is 1360. The molecule has 8 nitrogen and oxygen atoms in total. The Morgan fingerprint density at radius 1 is 1.30 bits per heavy atom. The third kappa shape index (κ3) is 5.34. The molecule has 2 aliphatic heterocycles. The highest BCUT2D eigenvalue weighted by molar-refractivity contribution is 5.84. The molecule has 2 aromatic heterocycles. The number of fused-ring (bicyclic) bond motifs is 1. The molecule has 0 spiro atoms. The average molecular weight is 518 g/mol. The Morgan fingerprint density at radius 3 is 2.81 bits per heavy atom. The molecule has 4 heterocycles. The molecule has 0 bridgehead atoms.